The fourth-order valence-electron chi connectivity index (χ4n) is 1.56. The number of rotatable bonds is 3. The van der Waals surface area contributed by atoms with Gasteiger partial charge in [0.2, 0.25) is 0 Å². The molecule has 3 nitrogen and oxygen atoms in total. The maximum Gasteiger partial charge on any atom is 0.338 e. The fourth-order valence-corrected chi connectivity index (χ4v) is 2.49. The Morgan fingerprint density at radius 1 is 1.20 bits per heavy atom. The number of benzene rings is 2. The highest BCUT2D eigenvalue weighted by Gasteiger charge is 2.12. The Kier molecular flexibility index (Phi) is 4.91. The number of carbonyl (C=O) groups is 1. The summed E-state index contributed by atoms with van der Waals surface area (Å²) in [6.07, 6.45) is 0. The molecule has 2 rings (SSSR count). The van der Waals surface area contributed by atoms with Crippen molar-refractivity contribution in [3.05, 3.63) is 62.0 Å². The van der Waals surface area contributed by atoms with Crippen LogP contribution in [-0.2, 0) is 11.3 Å². The normalized spacial score (nSPS) is 10.3. The van der Waals surface area contributed by atoms with Crippen molar-refractivity contribution in [2.75, 3.05) is 5.73 Å². The third-order valence-corrected chi connectivity index (χ3v) is 3.69. The SMILES string of the molecule is Nc1c(Cl)cc(C(=O)OCc2cccc(Br)c2)cc1Cl. The minimum atomic E-state index is -0.506. The Balaban J connectivity index is 2.09. The van der Waals surface area contributed by atoms with E-state index in [0.717, 1.165) is 10.0 Å². The number of esters is 1. The van der Waals surface area contributed by atoms with Gasteiger partial charge in [-0.3, -0.25) is 0 Å². The third kappa shape index (κ3) is 3.66. The van der Waals surface area contributed by atoms with Crippen LogP contribution in [0.2, 0.25) is 10.0 Å². The first-order chi connectivity index (χ1) is 9.47. The van der Waals surface area contributed by atoms with Crippen LogP contribution in [0.3, 0.4) is 0 Å². The lowest BCUT2D eigenvalue weighted by Crippen LogP contribution is -2.06. The summed E-state index contributed by atoms with van der Waals surface area (Å²) in [4.78, 5) is 11.9. The molecule has 0 aromatic heterocycles. The van der Waals surface area contributed by atoms with E-state index in [4.69, 9.17) is 33.7 Å². The van der Waals surface area contributed by atoms with E-state index in [1.165, 1.54) is 12.1 Å². The van der Waals surface area contributed by atoms with E-state index in [2.05, 4.69) is 15.9 Å². The average molecular weight is 375 g/mol. The summed E-state index contributed by atoms with van der Waals surface area (Å²) in [5.41, 5.74) is 7.00. The van der Waals surface area contributed by atoms with Gasteiger partial charge in [0.1, 0.15) is 6.61 Å². The molecule has 0 heterocycles. The number of hydrogen-bond acceptors (Lipinski definition) is 3. The smallest absolute Gasteiger partial charge is 0.338 e. The summed E-state index contributed by atoms with van der Waals surface area (Å²) in [5.74, 6) is -0.506. The summed E-state index contributed by atoms with van der Waals surface area (Å²) >= 11 is 15.1. The van der Waals surface area contributed by atoms with Crippen LogP contribution in [0.4, 0.5) is 5.69 Å². The van der Waals surface area contributed by atoms with Gasteiger partial charge in [-0.2, -0.15) is 0 Å². The summed E-state index contributed by atoms with van der Waals surface area (Å²) in [6.45, 7) is 0.165. The number of halogens is 3. The minimum absolute atomic E-state index is 0.165. The Hall–Kier alpha value is -1.23. The zero-order valence-corrected chi connectivity index (χ0v) is 13.3. The summed E-state index contributed by atoms with van der Waals surface area (Å²) in [6, 6.07) is 10.4. The highest BCUT2D eigenvalue weighted by molar-refractivity contribution is 9.10. The van der Waals surface area contributed by atoms with Crippen LogP contribution >= 0.6 is 39.1 Å². The molecule has 0 amide bonds. The number of nitrogen functional groups attached to an aromatic ring is 1. The van der Waals surface area contributed by atoms with Crippen LogP contribution in [0.25, 0.3) is 0 Å². The zero-order valence-electron chi connectivity index (χ0n) is 10.2. The second kappa shape index (κ2) is 6.48. The van der Waals surface area contributed by atoms with Crippen LogP contribution in [0.5, 0.6) is 0 Å². The lowest BCUT2D eigenvalue weighted by atomic mass is 10.2. The molecule has 2 N–H and O–H groups in total. The number of hydrogen-bond donors (Lipinski definition) is 1. The molecule has 0 bridgehead atoms. The highest BCUT2D eigenvalue weighted by Crippen LogP contribution is 2.29. The van der Waals surface area contributed by atoms with Crippen molar-refractivity contribution >= 4 is 50.8 Å². The van der Waals surface area contributed by atoms with Gasteiger partial charge in [-0.15, -0.1) is 0 Å². The summed E-state index contributed by atoms with van der Waals surface area (Å²) in [5, 5.41) is 0.457. The fraction of sp³-hybridized carbons (Fsp3) is 0.0714. The molecule has 0 aliphatic carbocycles. The molecule has 0 spiro atoms. The molecule has 0 atom stereocenters. The topological polar surface area (TPSA) is 52.3 Å². The Morgan fingerprint density at radius 3 is 2.45 bits per heavy atom. The summed E-state index contributed by atoms with van der Waals surface area (Å²) in [7, 11) is 0. The Labute approximate surface area is 134 Å². The van der Waals surface area contributed by atoms with Crippen LogP contribution < -0.4 is 5.73 Å². The van der Waals surface area contributed by atoms with Gasteiger partial charge in [0, 0.05) is 4.47 Å². The van der Waals surface area contributed by atoms with Crippen molar-refractivity contribution in [3.8, 4) is 0 Å². The van der Waals surface area contributed by atoms with Gasteiger partial charge in [0.15, 0.2) is 0 Å². The van der Waals surface area contributed by atoms with E-state index in [1.54, 1.807) is 0 Å². The lowest BCUT2D eigenvalue weighted by molar-refractivity contribution is 0.0472. The number of nitrogens with two attached hydrogens (primary N) is 1. The van der Waals surface area contributed by atoms with Crippen LogP contribution in [0.15, 0.2) is 40.9 Å². The predicted molar refractivity (Wildman–Crippen MR) is 84.1 cm³/mol. The molecule has 0 radical (unpaired) electrons. The molecule has 2 aromatic carbocycles. The van der Waals surface area contributed by atoms with Crippen LogP contribution in [0, 0.1) is 0 Å². The van der Waals surface area contributed by atoms with Gasteiger partial charge >= 0.3 is 5.97 Å². The van der Waals surface area contributed by atoms with Gasteiger partial charge in [-0.05, 0) is 29.8 Å². The van der Waals surface area contributed by atoms with E-state index in [0.29, 0.717) is 0 Å². The van der Waals surface area contributed by atoms with Crippen molar-refractivity contribution in [1.82, 2.24) is 0 Å². The second-order valence-electron chi connectivity index (χ2n) is 4.06. The van der Waals surface area contributed by atoms with Crippen LogP contribution in [0.1, 0.15) is 15.9 Å². The first kappa shape index (κ1) is 15.2. The quantitative estimate of drug-likeness (QED) is 0.626. The molecule has 104 valence electrons. The van der Waals surface area contributed by atoms with Crippen molar-refractivity contribution in [2.45, 2.75) is 6.61 Å². The monoisotopic (exact) mass is 373 g/mol. The molecule has 0 saturated heterocycles. The second-order valence-corrected chi connectivity index (χ2v) is 5.79. The highest BCUT2D eigenvalue weighted by atomic mass is 79.9. The molecular weight excluding hydrogens is 365 g/mol. The van der Waals surface area contributed by atoms with E-state index in [9.17, 15) is 4.79 Å². The van der Waals surface area contributed by atoms with Gasteiger partial charge in [0.05, 0.1) is 21.3 Å². The molecule has 0 unspecified atom stereocenters. The molecule has 0 aliphatic rings. The molecule has 2 aromatic rings. The molecule has 0 saturated carbocycles. The van der Waals surface area contributed by atoms with Crippen molar-refractivity contribution in [3.63, 3.8) is 0 Å². The minimum Gasteiger partial charge on any atom is -0.457 e. The standard InChI is InChI=1S/C14H10BrCl2NO2/c15-10-3-1-2-8(4-10)7-20-14(19)9-5-11(16)13(18)12(17)6-9/h1-6H,7,18H2. The van der Waals surface area contributed by atoms with Crippen molar-refractivity contribution in [2.24, 2.45) is 0 Å². The first-order valence-corrected chi connectivity index (χ1v) is 7.18. The average Bonchev–Trinajstić information content (AvgIpc) is 2.41. The van der Waals surface area contributed by atoms with E-state index >= 15 is 0 Å². The number of anilines is 1. The molecular formula is C14H10BrCl2NO2. The molecule has 6 heteroatoms. The van der Waals surface area contributed by atoms with E-state index < -0.39 is 5.97 Å². The van der Waals surface area contributed by atoms with Gasteiger partial charge in [-0.25, -0.2) is 4.79 Å². The maximum absolute atomic E-state index is 11.9. The molecule has 0 aliphatic heterocycles. The zero-order chi connectivity index (χ0) is 14.7. The Bertz CT molecular complexity index is 638. The predicted octanol–water partition coefficient (Wildman–Crippen LogP) is 4.70. The molecule has 0 fully saturated rings. The van der Waals surface area contributed by atoms with Crippen LogP contribution in [-0.4, -0.2) is 5.97 Å². The van der Waals surface area contributed by atoms with Gasteiger partial charge in [0.25, 0.3) is 0 Å². The third-order valence-electron chi connectivity index (χ3n) is 2.57. The van der Waals surface area contributed by atoms with Crippen molar-refractivity contribution < 1.29 is 9.53 Å². The van der Waals surface area contributed by atoms with E-state index in [-0.39, 0.29) is 27.9 Å². The van der Waals surface area contributed by atoms with Gasteiger partial charge < -0.3 is 10.5 Å². The maximum atomic E-state index is 11.9. The van der Waals surface area contributed by atoms with Crippen molar-refractivity contribution in [1.29, 1.82) is 0 Å². The largest absolute Gasteiger partial charge is 0.457 e. The van der Waals surface area contributed by atoms with Gasteiger partial charge in [-0.1, -0.05) is 51.3 Å². The number of ether oxygens (including phenoxy) is 1. The Morgan fingerprint density at radius 2 is 1.85 bits per heavy atom. The van der Waals surface area contributed by atoms with E-state index in [1.807, 2.05) is 24.3 Å². The lowest BCUT2D eigenvalue weighted by Gasteiger charge is -2.08. The molecule has 20 heavy (non-hydrogen) atoms. The summed E-state index contributed by atoms with van der Waals surface area (Å²) < 4.78 is 6.12. The first-order valence-electron chi connectivity index (χ1n) is 5.63. The number of carbonyl (C=O) groups excluding carboxylic acids is 1.